The molecule has 0 radical (unpaired) electrons. The number of benzene rings is 7. The maximum atomic E-state index is 9.26. The number of aromatic nitrogens is 3. The molecule has 0 unspecified atom stereocenters. The number of nitrogens with zero attached hydrogens (tertiary/aromatic N) is 4. The summed E-state index contributed by atoms with van der Waals surface area (Å²) in [6, 6.07) is 56.9. The van der Waals surface area contributed by atoms with Crippen LogP contribution in [-0.4, -0.2) is 15.0 Å². The van der Waals surface area contributed by atoms with Gasteiger partial charge in [0, 0.05) is 22.1 Å². The standard InChI is InChI=1S/C47H32N4/c1-47(2)42-27-34(31-19-17-30(29-48)18-20-31)21-23-39(42)40-24-22-35(28-43(40)47)36-25-26-41(38-16-10-9-15-37(36)38)46-50-44(32-11-5-3-6-12-32)49-45(51-46)33-13-7-4-8-14-33/h3-28H,1-2H3. The van der Waals surface area contributed by atoms with Crippen molar-refractivity contribution in [2.24, 2.45) is 0 Å². The molecule has 1 aliphatic carbocycles. The summed E-state index contributed by atoms with van der Waals surface area (Å²) < 4.78 is 0. The topological polar surface area (TPSA) is 62.5 Å². The van der Waals surface area contributed by atoms with Gasteiger partial charge in [-0.05, 0) is 85.6 Å². The summed E-state index contributed by atoms with van der Waals surface area (Å²) in [7, 11) is 0. The Hall–Kier alpha value is -6.70. The SMILES string of the molecule is CC1(C)c2cc(-c3ccc(C#N)cc3)ccc2-c2ccc(-c3ccc(-c4nc(-c5ccccc5)nc(-c5ccccc5)n4)c4ccccc34)cc21. The van der Waals surface area contributed by atoms with Crippen LogP contribution in [0.25, 0.3) is 78.3 Å². The van der Waals surface area contributed by atoms with Gasteiger partial charge in [-0.25, -0.2) is 15.0 Å². The third kappa shape index (κ3) is 5.19. The second-order valence-corrected chi connectivity index (χ2v) is 13.6. The molecule has 1 heterocycles. The highest BCUT2D eigenvalue weighted by Crippen LogP contribution is 2.51. The molecular weight excluding hydrogens is 621 g/mol. The number of fused-ring (bicyclic) bond motifs is 4. The molecule has 0 saturated carbocycles. The lowest BCUT2D eigenvalue weighted by Gasteiger charge is -2.23. The molecule has 51 heavy (non-hydrogen) atoms. The van der Waals surface area contributed by atoms with Crippen LogP contribution in [0.3, 0.4) is 0 Å². The van der Waals surface area contributed by atoms with Crippen molar-refractivity contribution in [2.75, 3.05) is 0 Å². The van der Waals surface area contributed by atoms with Gasteiger partial charge in [-0.2, -0.15) is 5.26 Å². The highest BCUT2D eigenvalue weighted by Gasteiger charge is 2.36. The van der Waals surface area contributed by atoms with Gasteiger partial charge >= 0.3 is 0 Å². The van der Waals surface area contributed by atoms with Crippen LogP contribution in [0.5, 0.6) is 0 Å². The maximum Gasteiger partial charge on any atom is 0.164 e. The van der Waals surface area contributed by atoms with Crippen LogP contribution in [0.1, 0.15) is 30.5 Å². The lowest BCUT2D eigenvalue weighted by molar-refractivity contribution is 0.661. The van der Waals surface area contributed by atoms with Crippen molar-refractivity contribution >= 4 is 10.8 Å². The van der Waals surface area contributed by atoms with E-state index in [2.05, 4.69) is 92.7 Å². The predicted octanol–water partition coefficient (Wildman–Crippen LogP) is 11.5. The molecule has 0 saturated heterocycles. The van der Waals surface area contributed by atoms with Gasteiger partial charge < -0.3 is 0 Å². The smallest absolute Gasteiger partial charge is 0.164 e. The third-order valence-corrected chi connectivity index (χ3v) is 10.2. The number of rotatable bonds is 5. The van der Waals surface area contributed by atoms with Gasteiger partial charge in [0.05, 0.1) is 11.6 Å². The third-order valence-electron chi connectivity index (χ3n) is 10.2. The van der Waals surface area contributed by atoms with Crippen molar-refractivity contribution < 1.29 is 0 Å². The van der Waals surface area contributed by atoms with E-state index < -0.39 is 0 Å². The molecule has 0 N–H and O–H groups in total. The minimum atomic E-state index is -0.189. The van der Waals surface area contributed by atoms with Gasteiger partial charge in [-0.1, -0.05) is 141 Å². The normalized spacial score (nSPS) is 12.6. The van der Waals surface area contributed by atoms with Crippen molar-refractivity contribution in [1.82, 2.24) is 15.0 Å². The Morgan fingerprint density at radius 1 is 0.412 bits per heavy atom. The van der Waals surface area contributed by atoms with E-state index in [4.69, 9.17) is 15.0 Å². The average molecular weight is 653 g/mol. The summed E-state index contributed by atoms with van der Waals surface area (Å²) >= 11 is 0. The van der Waals surface area contributed by atoms with E-state index in [9.17, 15) is 5.26 Å². The summed E-state index contributed by atoms with van der Waals surface area (Å²) in [6.07, 6.45) is 0. The molecule has 0 atom stereocenters. The lowest BCUT2D eigenvalue weighted by atomic mass is 9.80. The summed E-state index contributed by atoms with van der Waals surface area (Å²) in [5.41, 5.74) is 13.1. The summed E-state index contributed by atoms with van der Waals surface area (Å²) in [5.74, 6) is 1.94. The maximum absolute atomic E-state index is 9.26. The summed E-state index contributed by atoms with van der Waals surface area (Å²) in [4.78, 5) is 15.0. The van der Waals surface area contributed by atoms with Gasteiger partial charge in [0.2, 0.25) is 0 Å². The van der Waals surface area contributed by atoms with Crippen molar-refractivity contribution in [3.63, 3.8) is 0 Å². The Labute approximate surface area is 297 Å². The molecule has 9 rings (SSSR count). The molecule has 240 valence electrons. The zero-order valence-corrected chi connectivity index (χ0v) is 28.3. The van der Waals surface area contributed by atoms with Crippen LogP contribution in [0, 0.1) is 11.3 Å². The Bertz CT molecular complexity index is 2600. The first-order valence-electron chi connectivity index (χ1n) is 17.2. The molecule has 0 aliphatic heterocycles. The van der Waals surface area contributed by atoms with Crippen LogP contribution in [0.2, 0.25) is 0 Å². The molecule has 7 aromatic carbocycles. The quantitative estimate of drug-likeness (QED) is 0.186. The molecule has 0 fully saturated rings. The molecule has 0 spiro atoms. The Balaban J connectivity index is 1.15. The second-order valence-electron chi connectivity index (χ2n) is 13.6. The van der Waals surface area contributed by atoms with Gasteiger partial charge in [-0.15, -0.1) is 0 Å². The van der Waals surface area contributed by atoms with Crippen molar-refractivity contribution in [2.45, 2.75) is 19.3 Å². The van der Waals surface area contributed by atoms with Gasteiger partial charge in [0.1, 0.15) is 0 Å². The fourth-order valence-corrected chi connectivity index (χ4v) is 7.50. The zero-order valence-electron chi connectivity index (χ0n) is 28.3. The molecular formula is C47H32N4. The highest BCUT2D eigenvalue weighted by atomic mass is 15.0. The largest absolute Gasteiger partial charge is 0.208 e. The first kappa shape index (κ1) is 30.4. The van der Waals surface area contributed by atoms with Crippen molar-refractivity contribution in [1.29, 1.82) is 5.26 Å². The van der Waals surface area contributed by atoms with Gasteiger partial charge in [-0.3, -0.25) is 0 Å². The van der Waals surface area contributed by atoms with Gasteiger partial charge in [0.25, 0.3) is 0 Å². The van der Waals surface area contributed by atoms with E-state index in [1.165, 1.54) is 33.4 Å². The molecule has 1 aliphatic rings. The molecule has 0 amide bonds. The number of hydrogen-bond acceptors (Lipinski definition) is 4. The van der Waals surface area contributed by atoms with E-state index in [-0.39, 0.29) is 5.41 Å². The average Bonchev–Trinajstić information content (AvgIpc) is 3.42. The monoisotopic (exact) mass is 652 g/mol. The lowest BCUT2D eigenvalue weighted by Crippen LogP contribution is -2.15. The molecule has 0 bridgehead atoms. The molecule has 4 nitrogen and oxygen atoms in total. The Kier molecular flexibility index (Phi) is 7.15. The van der Waals surface area contributed by atoms with E-state index in [0.717, 1.165) is 38.6 Å². The predicted molar refractivity (Wildman–Crippen MR) is 207 cm³/mol. The summed E-state index contributed by atoms with van der Waals surface area (Å²) in [5, 5.41) is 11.5. The molecule has 8 aromatic rings. The molecule has 1 aromatic heterocycles. The van der Waals surface area contributed by atoms with Crippen LogP contribution < -0.4 is 0 Å². The van der Waals surface area contributed by atoms with Crippen LogP contribution in [-0.2, 0) is 5.41 Å². The fraction of sp³-hybridized carbons (Fsp3) is 0.0638. The van der Waals surface area contributed by atoms with Gasteiger partial charge in [0.15, 0.2) is 17.5 Å². The van der Waals surface area contributed by atoms with E-state index in [1.807, 2.05) is 84.9 Å². The first-order chi connectivity index (χ1) is 25.0. The zero-order chi connectivity index (χ0) is 34.5. The summed E-state index contributed by atoms with van der Waals surface area (Å²) in [6.45, 7) is 4.64. The molecule has 4 heteroatoms. The minimum Gasteiger partial charge on any atom is -0.208 e. The number of hydrogen-bond donors (Lipinski definition) is 0. The Morgan fingerprint density at radius 3 is 1.45 bits per heavy atom. The van der Waals surface area contributed by atoms with Crippen LogP contribution >= 0.6 is 0 Å². The van der Waals surface area contributed by atoms with Crippen LogP contribution in [0.4, 0.5) is 0 Å². The second kappa shape index (κ2) is 12.0. The van der Waals surface area contributed by atoms with Crippen molar-refractivity contribution in [3.8, 4) is 73.6 Å². The van der Waals surface area contributed by atoms with Crippen molar-refractivity contribution in [3.05, 3.63) is 174 Å². The highest BCUT2D eigenvalue weighted by molar-refractivity contribution is 6.04. The number of nitriles is 1. The van der Waals surface area contributed by atoms with E-state index in [1.54, 1.807) is 0 Å². The van der Waals surface area contributed by atoms with Crippen LogP contribution in [0.15, 0.2) is 158 Å². The first-order valence-corrected chi connectivity index (χ1v) is 17.2. The Morgan fingerprint density at radius 2 is 0.863 bits per heavy atom. The van der Waals surface area contributed by atoms with E-state index >= 15 is 0 Å². The minimum absolute atomic E-state index is 0.189. The fourth-order valence-electron chi connectivity index (χ4n) is 7.50. The van der Waals surface area contributed by atoms with E-state index in [0.29, 0.717) is 23.0 Å².